The van der Waals surface area contributed by atoms with Gasteiger partial charge in [-0.15, -0.1) is 0 Å². The van der Waals surface area contributed by atoms with Crippen molar-refractivity contribution in [2.45, 2.75) is 45.4 Å². The van der Waals surface area contributed by atoms with Gasteiger partial charge < -0.3 is 10.2 Å². The molecule has 2 heterocycles. The van der Waals surface area contributed by atoms with Gasteiger partial charge in [-0.25, -0.2) is 0 Å². The average Bonchev–Trinajstić information content (AvgIpc) is 2.68. The summed E-state index contributed by atoms with van der Waals surface area (Å²) in [6.07, 6.45) is 5.35. The Morgan fingerprint density at radius 1 is 1.41 bits per heavy atom. The summed E-state index contributed by atoms with van der Waals surface area (Å²) in [5.74, 6) is 0.467. The third-order valence-electron chi connectivity index (χ3n) is 4.12. The monoisotopic (exact) mass is 238 g/mol. The molecule has 17 heavy (non-hydrogen) atoms. The molecule has 0 aromatic rings. The number of unbranched alkanes of at least 4 members (excludes halogenated alkanes) is 1. The van der Waals surface area contributed by atoms with Gasteiger partial charge in [-0.2, -0.15) is 0 Å². The minimum absolute atomic E-state index is 0.151. The molecule has 2 aliphatic rings. The maximum absolute atomic E-state index is 11.9. The van der Waals surface area contributed by atoms with Crippen molar-refractivity contribution in [3.05, 3.63) is 0 Å². The van der Waals surface area contributed by atoms with Gasteiger partial charge in [0.15, 0.2) is 0 Å². The van der Waals surface area contributed by atoms with Crippen LogP contribution in [0, 0.1) is 5.41 Å². The van der Waals surface area contributed by atoms with Gasteiger partial charge in [-0.3, -0.25) is 9.59 Å². The summed E-state index contributed by atoms with van der Waals surface area (Å²) in [5, 5.41) is 2.92. The van der Waals surface area contributed by atoms with Gasteiger partial charge in [0.25, 0.3) is 0 Å². The van der Waals surface area contributed by atoms with Gasteiger partial charge in [0.1, 0.15) is 0 Å². The highest BCUT2D eigenvalue weighted by atomic mass is 16.2. The summed E-state index contributed by atoms with van der Waals surface area (Å²) in [7, 11) is 0. The Hall–Kier alpha value is -1.06. The van der Waals surface area contributed by atoms with Crippen LogP contribution in [-0.4, -0.2) is 36.3 Å². The number of nitrogens with one attached hydrogen (secondary N) is 1. The molecule has 0 saturated carbocycles. The molecule has 2 rings (SSSR count). The molecule has 96 valence electrons. The molecule has 4 heteroatoms. The van der Waals surface area contributed by atoms with Gasteiger partial charge in [0, 0.05) is 32.5 Å². The van der Waals surface area contributed by atoms with Crippen molar-refractivity contribution in [3.63, 3.8) is 0 Å². The first-order valence-electron chi connectivity index (χ1n) is 6.70. The lowest BCUT2D eigenvalue weighted by atomic mass is 9.77. The molecule has 2 saturated heterocycles. The van der Waals surface area contributed by atoms with Crippen LogP contribution in [0.4, 0.5) is 0 Å². The smallest absolute Gasteiger partial charge is 0.222 e. The number of rotatable bonds is 3. The van der Waals surface area contributed by atoms with E-state index >= 15 is 0 Å². The molecular formula is C13H22N2O2. The Labute approximate surface area is 103 Å². The zero-order valence-corrected chi connectivity index (χ0v) is 10.6. The van der Waals surface area contributed by atoms with Crippen LogP contribution in [-0.2, 0) is 9.59 Å². The number of amides is 2. The Balaban J connectivity index is 1.81. The fourth-order valence-electron chi connectivity index (χ4n) is 2.82. The molecule has 0 atom stereocenters. The largest absolute Gasteiger partial charge is 0.356 e. The van der Waals surface area contributed by atoms with E-state index in [1.807, 2.05) is 4.90 Å². The van der Waals surface area contributed by atoms with E-state index in [1.54, 1.807) is 0 Å². The van der Waals surface area contributed by atoms with Crippen molar-refractivity contribution in [3.8, 4) is 0 Å². The highest BCUT2D eigenvalue weighted by Crippen LogP contribution is 2.37. The van der Waals surface area contributed by atoms with Crippen molar-refractivity contribution < 1.29 is 9.59 Å². The highest BCUT2D eigenvalue weighted by molar-refractivity contribution is 5.79. The third-order valence-corrected chi connectivity index (χ3v) is 4.12. The van der Waals surface area contributed by atoms with E-state index in [-0.39, 0.29) is 11.3 Å². The van der Waals surface area contributed by atoms with Gasteiger partial charge in [0.05, 0.1) is 0 Å². The van der Waals surface area contributed by atoms with Crippen LogP contribution in [0.25, 0.3) is 0 Å². The Morgan fingerprint density at radius 3 is 2.65 bits per heavy atom. The number of hydrogen-bond acceptors (Lipinski definition) is 2. The second-order valence-electron chi connectivity index (χ2n) is 5.44. The van der Waals surface area contributed by atoms with Crippen molar-refractivity contribution in [2.24, 2.45) is 5.41 Å². The predicted molar refractivity (Wildman–Crippen MR) is 65.4 cm³/mol. The first kappa shape index (κ1) is 12.4. The standard InChI is InChI=1S/C13H22N2O2/c1-2-3-4-12(17)15-7-5-13(6-8-15)9-11(16)14-10-13/h2-10H2,1H3,(H,14,16). The maximum atomic E-state index is 11.9. The normalized spacial score (nSPS) is 22.9. The number of nitrogens with zero attached hydrogens (tertiary/aromatic N) is 1. The molecule has 2 amide bonds. The van der Waals surface area contributed by atoms with Gasteiger partial charge >= 0.3 is 0 Å². The topological polar surface area (TPSA) is 49.4 Å². The van der Waals surface area contributed by atoms with E-state index in [0.29, 0.717) is 18.7 Å². The summed E-state index contributed by atoms with van der Waals surface area (Å²) < 4.78 is 0. The number of likely N-dealkylation sites (tertiary alicyclic amines) is 1. The van der Waals surface area contributed by atoms with E-state index in [9.17, 15) is 9.59 Å². The van der Waals surface area contributed by atoms with Crippen molar-refractivity contribution in [2.75, 3.05) is 19.6 Å². The summed E-state index contributed by atoms with van der Waals surface area (Å²) in [5.41, 5.74) is 0.151. The number of piperidine rings is 1. The van der Waals surface area contributed by atoms with Crippen molar-refractivity contribution in [1.29, 1.82) is 0 Å². The summed E-state index contributed by atoms with van der Waals surface area (Å²) in [4.78, 5) is 25.1. The molecule has 0 unspecified atom stereocenters. The minimum Gasteiger partial charge on any atom is -0.356 e. The fourth-order valence-corrected chi connectivity index (χ4v) is 2.82. The van der Waals surface area contributed by atoms with Gasteiger partial charge in [0.2, 0.25) is 11.8 Å². The molecule has 1 N–H and O–H groups in total. The first-order chi connectivity index (χ1) is 8.15. The third kappa shape index (κ3) is 2.79. The lowest BCUT2D eigenvalue weighted by Crippen LogP contribution is -2.43. The van der Waals surface area contributed by atoms with Crippen molar-refractivity contribution >= 4 is 11.8 Å². The molecule has 0 bridgehead atoms. The van der Waals surface area contributed by atoms with Crippen molar-refractivity contribution in [1.82, 2.24) is 10.2 Å². The molecule has 0 aliphatic carbocycles. The quantitative estimate of drug-likeness (QED) is 0.806. The summed E-state index contributed by atoms with van der Waals surface area (Å²) in [6, 6.07) is 0. The SMILES string of the molecule is CCCCC(=O)N1CCC2(CC1)CNC(=O)C2. The van der Waals surface area contributed by atoms with E-state index in [4.69, 9.17) is 0 Å². The summed E-state index contributed by atoms with van der Waals surface area (Å²) >= 11 is 0. The molecule has 0 radical (unpaired) electrons. The fraction of sp³-hybridized carbons (Fsp3) is 0.846. The molecule has 1 spiro atoms. The number of carbonyl (C=O) groups is 2. The first-order valence-corrected chi connectivity index (χ1v) is 6.70. The van der Waals surface area contributed by atoms with Gasteiger partial charge in [-0.05, 0) is 24.7 Å². The second-order valence-corrected chi connectivity index (χ2v) is 5.44. The molecule has 0 aromatic carbocycles. The van der Waals surface area contributed by atoms with Crippen LogP contribution >= 0.6 is 0 Å². The molecule has 0 aromatic heterocycles. The zero-order chi connectivity index (χ0) is 12.3. The van der Waals surface area contributed by atoms with E-state index in [1.165, 1.54) is 0 Å². The van der Waals surface area contributed by atoms with E-state index in [2.05, 4.69) is 12.2 Å². The van der Waals surface area contributed by atoms with Crippen LogP contribution in [0.15, 0.2) is 0 Å². The van der Waals surface area contributed by atoms with Crippen LogP contribution in [0.2, 0.25) is 0 Å². The maximum Gasteiger partial charge on any atom is 0.222 e. The lowest BCUT2D eigenvalue weighted by molar-refractivity contribution is -0.133. The molecule has 4 nitrogen and oxygen atoms in total. The Bertz CT molecular complexity index is 307. The molecular weight excluding hydrogens is 216 g/mol. The summed E-state index contributed by atoms with van der Waals surface area (Å²) in [6.45, 7) is 4.58. The predicted octanol–water partition coefficient (Wildman–Crippen LogP) is 1.31. The van der Waals surface area contributed by atoms with Crippen LogP contribution < -0.4 is 5.32 Å². The average molecular weight is 238 g/mol. The Kier molecular flexibility index (Phi) is 3.69. The number of carbonyl (C=O) groups excluding carboxylic acids is 2. The second kappa shape index (κ2) is 5.07. The van der Waals surface area contributed by atoms with Gasteiger partial charge in [-0.1, -0.05) is 13.3 Å². The molecule has 2 aliphatic heterocycles. The lowest BCUT2D eigenvalue weighted by Gasteiger charge is -2.38. The van der Waals surface area contributed by atoms with Crippen LogP contribution in [0.3, 0.4) is 0 Å². The zero-order valence-electron chi connectivity index (χ0n) is 10.6. The van der Waals surface area contributed by atoms with E-state index in [0.717, 1.165) is 45.3 Å². The minimum atomic E-state index is 0.151. The van der Waals surface area contributed by atoms with Crippen LogP contribution in [0.1, 0.15) is 45.4 Å². The molecule has 2 fully saturated rings. The van der Waals surface area contributed by atoms with E-state index < -0.39 is 0 Å². The highest BCUT2D eigenvalue weighted by Gasteiger charge is 2.41. The Morgan fingerprint density at radius 2 is 2.12 bits per heavy atom. The van der Waals surface area contributed by atoms with Crippen LogP contribution in [0.5, 0.6) is 0 Å². The number of hydrogen-bond donors (Lipinski definition) is 1.